The average Bonchev–Trinajstić information content (AvgIpc) is 2.37. The number of hydrogen-bond donors (Lipinski definition) is 1. The van der Waals surface area contributed by atoms with Crippen molar-refractivity contribution in [3.05, 3.63) is 64.7 Å². The molecule has 0 aliphatic carbocycles. The maximum Gasteiger partial charge on any atom is 0.163 e. The van der Waals surface area contributed by atoms with Gasteiger partial charge in [-0.1, -0.05) is 41.9 Å². The summed E-state index contributed by atoms with van der Waals surface area (Å²) in [4.78, 5) is 12.0. The second-order valence-electron chi connectivity index (χ2n) is 4.14. The Kier molecular flexibility index (Phi) is 4.00. The lowest BCUT2D eigenvalue weighted by Crippen LogP contribution is -2.02. The van der Waals surface area contributed by atoms with Gasteiger partial charge < -0.3 is 5.73 Å². The SMILES string of the molecule is Nc1cccc(C(=O)CCc2ccccc2Cl)c1. The van der Waals surface area contributed by atoms with Crippen molar-refractivity contribution in [3.63, 3.8) is 0 Å². The molecule has 2 aromatic rings. The number of aryl methyl sites for hydroxylation is 1. The highest BCUT2D eigenvalue weighted by atomic mass is 35.5. The highest BCUT2D eigenvalue weighted by Gasteiger charge is 2.07. The molecule has 0 saturated heterocycles. The summed E-state index contributed by atoms with van der Waals surface area (Å²) in [6, 6.07) is 14.6. The third-order valence-corrected chi connectivity index (χ3v) is 3.16. The summed E-state index contributed by atoms with van der Waals surface area (Å²) in [6.07, 6.45) is 1.08. The van der Waals surface area contributed by atoms with Gasteiger partial charge in [-0.05, 0) is 30.2 Å². The second kappa shape index (κ2) is 5.69. The smallest absolute Gasteiger partial charge is 0.163 e. The molecule has 0 radical (unpaired) electrons. The van der Waals surface area contributed by atoms with Crippen LogP contribution in [0.3, 0.4) is 0 Å². The Bertz CT molecular complexity index is 566. The van der Waals surface area contributed by atoms with Gasteiger partial charge in [0, 0.05) is 22.7 Å². The van der Waals surface area contributed by atoms with Crippen LogP contribution in [0.25, 0.3) is 0 Å². The minimum Gasteiger partial charge on any atom is -0.399 e. The number of carbonyl (C=O) groups excluding carboxylic acids is 1. The highest BCUT2D eigenvalue weighted by molar-refractivity contribution is 6.31. The van der Waals surface area contributed by atoms with Crippen molar-refractivity contribution in [2.24, 2.45) is 0 Å². The van der Waals surface area contributed by atoms with Crippen molar-refractivity contribution in [2.75, 3.05) is 5.73 Å². The number of carbonyl (C=O) groups is 1. The van der Waals surface area contributed by atoms with E-state index in [0.717, 1.165) is 5.56 Å². The van der Waals surface area contributed by atoms with Gasteiger partial charge in [0.15, 0.2) is 5.78 Å². The Morgan fingerprint density at radius 1 is 1.11 bits per heavy atom. The molecule has 2 aromatic carbocycles. The lowest BCUT2D eigenvalue weighted by Gasteiger charge is -2.04. The summed E-state index contributed by atoms with van der Waals surface area (Å²) in [5.41, 5.74) is 7.92. The number of ketones is 1. The van der Waals surface area contributed by atoms with Crippen molar-refractivity contribution >= 4 is 23.1 Å². The first-order chi connectivity index (χ1) is 8.66. The maximum absolute atomic E-state index is 12.0. The normalized spacial score (nSPS) is 10.3. The van der Waals surface area contributed by atoms with Crippen molar-refractivity contribution in [2.45, 2.75) is 12.8 Å². The van der Waals surface area contributed by atoms with Gasteiger partial charge in [0.25, 0.3) is 0 Å². The Morgan fingerprint density at radius 3 is 2.61 bits per heavy atom. The lowest BCUT2D eigenvalue weighted by atomic mass is 10.0. The Hall–Kier alpha value is -1.80. The molecule has 2 rings (SSSR count). The number of anilines is 1. The zero-order chi connectivity index (χ0) is 13.0. The third-order valence-electron chi connectivity index (χ3n) is 2.79. The zero-order valence-corrected chi connectivity index (χ0v) is 10.7. The van der Waals surface area contributed by atoms with Gasteiger partial charge in [-0.25, -0.2) is 0 Å². The van der Waals surface area contributed by atoms with Crippen LogP contribution in [0.4, 0.5) is 5.69 Å². The molecule has 0 unspecified atom stereocenters. The first-order valence-electron chi connectivity index (χ1n) is 5.79. The molecular formula is C15H14ClNO. The number of Topliss-reactive ketones (excluding diaryl/α,β-unsaturated/α-hetero) is 1. The molecule has 0 saturated carbocycles. The lowest BCUT2D eigenvalue weighted by molar-refractivity contribution is 0.0983. The van der Waals surface area contributed by atoms with Crippen molar-refractivity contribution < 1.29 is 4.79 Å². The molecule has 0 aromatic heterocycles. The quantitative estimate of drug-likeness (QED) is 0.671. The summed E-state index contributed by atoms with van der Waals surface area (Å²) in [7, 11) is 0. The number of benzene rings is 2. The van der Waals surface area contributed by atoms with E-state index in [1.54, 1.807) is 24.3 Å². The van der Waals surface area contributed by atoms with Crippen LogP contribution in [0, 0.1) is 0 Å². The van der Waals surface area contributed by atoms with Gasteiger partial charge >= 0.3 is 0 Å². The Balaban J connectivity index is 2.03. The van der Waals surface area contributed by atoms with E-state index in [2.05, 4.69) is 0 Å². The number of halogens is 1. The van der Waals surface area contributed by atoms with E-state index in [4.69, 9.17) is 17.3 Å². The van der Waals surface area contributed by atoms with E-state index >= 15 is 0 Å². The molecule has 0 aliphatic heterocycles. The molecule has 0 amide bonds. The average molecular weight is 260 g/mol. The summed E-state index contributed by atoms with van der Waals surface area (Å²) in [5, 5.41) is 0.706. The molecule has 92 valence electrons. The van der Waals surface area contributed by atoms with Crippen molar-refractivity contribution in [1.82, 2.24) is 0 Å². The monoisotopic (exact) mass is 259 g/mol. The number of nitrogens with two attached hydrogens (primary N) is 1. The zero-order valence-electron chi connectivity index (χ0n) is 9.90. The largest absolute Gasteiger partial charge is 0.399 e. The molecular weight excluding hydrogens is 246 g/mol. The minimum atomic E-state index is 0.0854. The third kappa shape index (κ3) is 3.11. The van der Waals surface area contributed by atoms with Crippen LogP contribution in [0.5, 0.6) is 0 Å². The fraction of sp³-hybridized carbons (Fsp3) is 0.133. The number of nitrogen functional groups attached to an aromatic ring is 1. The molecule has 3 heteroatoms. The van der Waals surface area contributed by atoms with Gasteiger partial charge in [-0.2, -0.15) is 0 Å². The predicted octanol–water partition coefficient (Wildman–Crippen LogP) is 3.74. The van der Waals surface area contributed by atoms with Crippen LogP contribution in [0.2, 0.25) is 5.02 Å². The van der Waals surface area contributed by atoms with Crippen LogP contribution >= 0.6 is 11.6 Å². The summed E-state index contributed by atoms with van der Waals surface area (Å²) < 4.78 is 0. The number of rotatable bonds is 4. The molecule has 0 atom stereocenters. The fourth-order valence-corrected chi connectivity index (χ4v) is 2.04. The van der Waals surface area contributed by atoms with Crippen LogP contribution < -0.4 is 5.73 Å². The van der Waals surface area contributed by atoms with Gasteiger partial charge in [-0.3, -0.25) is 4.79 Å². The molecule has 0 heterocycles. The van der Waals surface area contributed by atoms with Crippen LogP contribution in [-0.2, 0) is 6.42 Å². The van der Waals surface area contributed by atoms with E-state index in [0.29, 0.717) is 29.1 Å². The predicted molar refractivity (Wildman–Crippen MR) is 75.0 cm³/mol. The molecule has 2 N–H and O–H groups in total. The number of hydrogen-bond acceptors (Lipinski definition) is 2. The van der Waals surface area contributed by atoms with E-state index in [1.165, 1.54) is 0 Å². The van der Waals surface area contributed by atoms with E-state index in [9.17, 15) is 4.79 Å². The Labute approximate surface area is 111 Å². The first kappa shape index (κ1) is 12.7. The first-order valence-corrected chi connectivity index (χ1v) is 6.17. The van der Waals surface area contributed by atoms with Crippen LogP contribution in [0.15, 0.2) is 48.5 Å². The molecule has 18 heavy (non-hydrogen) atoms. The summed E-state index contributed by atoms with van der Waals surface area (Å²) in [6.45, 7) is 0. The standard InChI is InChI=1S/C15H14ClNO/c16-14-7-2-1-4-11(14)8-9-15(18)12-5-3-6-13(17)10-12/h1-7,10H,8-9,17H2. The van der Waals surface area contributed by atoms with Crippen LogP contribution in [-0.4, -0.2) is 5.78 Å². The maximum atomic E-state index is 12.0. The summed E-state index contributed by atoms with van der Waals surface area (Å²) >= 11 is 6.05. The molecule has 0 spiro atoms. The van der Waals surface area contributed by atoms with Gasteiger partial charge in [0.2, 0.25) is 0 Å². The van der Waals surface area contributed by atoms with E-state index in [1.807, 2.05) is 24.3 Å². The van der Waals surface area contributed by atoms with E-state index in [-0.39, 0.29) is 5.78 Å². The molecule has 0 bridgehead atoms. The van der Waals surface area contributed by atoms with Crippen molar-refractivity contribution in [3.8, 4) is 0 Å². The van der Waals surface area contributed by atoms with Gasteiger partial charge in [-0.15, -0.1) is 0 Å². The molecule has 0 fully saturated rings. The molecule has 2 nitrogen and oxygen atoms in total. The second-order valence-corrected chi connectivity index (χ2v) is 4.55. The van der Waals surface area contributed by atoms with E-state index < -0.39 is 0 Å². The molecule has 0 aliphatic rings. The van der Waals surface area contributed by atoms with Crippen LogP contribution in [0.1, 0.15) is 22.3 Å². The fourth-order valence-electron chi connectivity index (χ4n) is 1.81. The highest BCUT2D eigenvalue weighted by Crippen LogP contribution is 2.18. The summed E-state index contributed by atoms with van der Waals surface area (Å²) in [5.74, 6) is 0.0854. The topological polar surface area (TPSA) is 43.1 Å². The Morgan fingerprint density at radius 2 is 1.89 bits per heavy atom. The van der Waals surface area contributed by atoms with Gasteiger partial charge in [0.05, 0.1) is 0 Å². The minimum absolute atomic E-state index is 0.0854. The van der Waals surface area contributed by atoms with Gasteiger partial charge in [0.1, 0.15) is 0 Å². The van der Waals surface area contributed by atoms with Crippen molar-refractivity contribution in [1.29, 1.82) is 0 Å².